The topological polar surface area (TPSA) is 84.0 Å². The van der Waals surface area contributed by atoms with Gasteiger partial charge in [0.05, 0.1) is 23.9 Å². The van der Waals surface area contributed by atoms with E-state index in [4.69, 9.17) is 15.9 Å². The number of aromatic nitrogens is 1. The molecular formula is C23H24N4OS2. The molecule has 0 radical (unpaired) electrons. The normalized spacial score (nSPS) is 10.3. The molecule has 154 valence electrons. The average Bonchev–Trinajstić information content (AvgIpc) is 3.17. The van der Waals surface area contributed by atoms with E-state index in [-0.39, 0.29) is 5.84 Å². The molecule has 0 aliphatic carbocycles. The van der Waals surface area contributed by atoms with Gasteiger partial charge in [-0.2, -0.15) is 0 Å². The third-order valence-corrected chi connectivity index (χ3v) is 5.97. The number of benzene rings is 3. The highest BCUT2D eigenvalue weighted by atomic mass is 32.2. The van der Waals surface area contributed by atoms with Gasteiger partial charge in [0.15, 0.2) is 0 Å². The molecule has 0 aliphatic heterocycles. The number of nitrogens with one attached hydrogen (secondary N) is 2. The first-order valence-corrected chi connectivity index (χ1v) is 11.0. The zero-order chi connectivity index (χ0) is 21.3. The zero-order valence-corrected chi connectivity index (χ0v) is 18.5. The maximum Gasteiger partial charge on any atom is 0.122 e. The summed E-state index contributed by atoms with van der Waals surface area (Å²) in [5.41, 5.74) is 8.24. The van der Waals surface area contributed by atoms with Gasteiger partial charge in [-0.05, 0) is 49.2 Å². The molecule has 0 amide bonds. The number of rotatable bonds is 6. The number of hydrogen-bond donors (Lipinski definition) is 3. The fourth-order valence-corrected chi connectivity index (χ4v) is 4.25. The van der Waals surface area contributed by atoms with Crippen molar-refractivity contribution in [2.45, 2.75) is 18.4 Å². The van der Waals surface area contributed by atoms with E-state index >= 15 is 0 Å². The highest BCUT2D eigenvalue weighted by Crippen LogP contribution is 2.26. The lowest BCUT2D eigenvalue weighted by Gasteiger charge is -2.00. The van der Waals surface area contributed by atoms with Gasteiger partial charge in [-0.15, -0.1) is 11.3 Å². The summed E-state index contributed by atoms with van der Waals surface area (Å²) in [6.45, 7) is 2.76. The Morgan fingerprint density at radius 1 is 1.10 bits per heavy atom. The van der Waals surface area contributed by atoms with Gasteiger partial charge in [0.1, 0.15) is 16.6 Å². The summed E-state index contributed by atoms with van der Waals surface area (Å²) in [5, 5.41) is 8.16. The van der Waals surface area contributed by atoms with Crippen molar-refractivity contribution in [3.8, 4) is 5.75 Å². The van der Waals surface area contributed by atoms with Gasteiger partial charge >= 0.3 is 0 Å². The third-order valence-electron chi connectivity index (χ3n) is 4.16. The van der Waals surface area contributed by atoms with Crippen molar-refractivity contribution in [3.63, 3.8) is 0 Å². The Morgan fingerprint density at radius 3 is 2.50 bits per heavy atom. The molecule has 4 N–H and O–H groups in total. The second-order valence-electron chi connectivity index (χ2n) is 6.46. The van der Waals surface area contributed by atoms with E-state index in [1.54, 1.807) is 30.4 Å². The fourth-order valence-electron chi connectivity index (χ4n) is 2.56. The van der Waals surface area contributed by atoms with Gasteiger partial charge in [-0.25, -0.2) is 4.98 Å². The first-order chi connectivity index (χ1) is 14.5. The SMILES string of the molecule is COc1ccc2nc(CNSc3ccccc3)sc2c1.Cc1ccc(C(=N)N)cc1. The molecule has 0 spiro atoms. The third kappa shape index (κ3) is 6.32. The number of hydrogen-bond acceptors (Lipinski definition) is 6. The number of nitrogens with two attached hydrogens (primary N) is 1. The van der Waals surface area contributed by atoms with Crippen molar-refractivity contribution < 1.29 is 4.74 Å². The van der Waals surface area contributed by atoms with Crippen molar-refractivity contribution in [3.05, 3.63) is 88.9 Å². The number of thiazole rings is 1. The van der Waals surface area contributed by atoms with E-state index in [0.717, 1.165) is 33.1 Å². The molecule has 0 saturated heterocycles. The molecular weight excluding hydrogens is 412 g/mol. The molecule has 5 nitrogen and oxygen atoms in total. The van der Waals surface area contributed by atoms with Crippen LogP contribution in [0.3, 0.4) is 0 Å². The summed E-state index contributed by atoms with van der Waals surface area (Å²) in [6, 6.07) is 23.8. The maximum atomic E-state index is 7.08. The van der Waals surface area contributed by atoms with Crippen molar-refractivity contribution in [1.29, 1.82) is 5.41 Å². The van der Waals surface area contributed by atoms with Crippen LogP contribution in [0.15, 0.2) is 77.7 Å². The molecule has 0 bridgehead atoms. The van der Waals surface area contributed by atoms with Gasteiger partial charge in [-0.1, -0.05) is 48.0 Å². The van der Waals surface area contributed by atoms with Crippen LogP contribution in [0.25, 0.3) is 10.2 Å². The van der Waals surface area contributed by atoms with Gasteiger partial charge in [0.25, 0.3) is 0 Å². The Labute approximate surface area is 185 Å². The quantitative estimate of drug-likeness (QED) is 0.215. The van der Waals surface area contributed by atoms with E-state index in [2.05, 4.69) is 21.8 Å². The number of ether oxygens (including phenoxy) is 1. The number of fused-ring (bicyclic) bond motifs is 1. The second-order valence-corrected chi connectivity index (χ2v) is 8.54. The van der Waals surface area contributed by atoms with Gasteiger partial charge in [0, 0.05) is 10.5 Å². The van der Waals surface area contributed by atoms with E-state index < -0.39 is 0 Å². The molecule has 0 atom stereocenters. The number of aryl methyl sites for hydroxylation is 1. The minimum atomic E-state index is 0.125. The summed E-state index contributed by atoms with van der Waals surface area (Å²) < 4.78 is 9.73. The molecule has 3 aromatic carbocycles. The predicted octanol–water partition coefficient (Wildman–Crippen LogP) is 5.38. The summed E-state index contributed by atoms with van der Waals surface area (Å²) >= 11 is 3.32. The minimum Gasteiger partial charge on any atom is -0.497 e. The highest BCUT2D eigenvalue weighted by Gasteiger charge is 2.05. The highest BCUT2D eigenvalue weighted by molar-refractivity contribution is 7.97. The summed E-state index contributed by atoms with van der Waals surface area (Å²) in [7, 11) is 1.68. The van der Waals surface area contributed by atoms with Crippen molar-refractivity contribution >= 4 is 39.3 Å². The second kappa shape index (κ2) is 10.8. The maximum absolute atomic E-state index is 7.08. The zero-order valence-electron chi connectivity index (χ0n) is 16.9. The standard InChI is InChI=1S/C15H14N2OS2.C8H10N2/c1-18-11-7-8-13-14(9-11)19-15(17-13)10-16-20-12-5-3-2-4-6-12;1-6-2-4-7(5-3-6)8(9)10/h2-9,16H,10H2,1H3;2-5H,1H3,(H3,9,10). The Hall–Kier alpha value is -2.87. The predicted molar refractivity (Wildman–Crippen MR) is 128 cm³/mol. The molecule has 4 aromatic rings. The van der Waals surface area contributed by atoms with Crippen LogP contribution in [0, 0.1) is 12.3 Å². The molecule has 1 heterocycles. The molecule has 7 heteroatoms. The van der Waals surface area contributed by atoms with E-state index in [1.165, 1.54) is 10.5 Å². The van der Waals surface area contributed by atoms with Crippen LogP contribution in [-0.2, 0) is 6.54 Å². The van der Waals surface area contributed by atoms with Crippen LogP contribution in [0.1, 0.15) is 16.1 Å². The Morgan fingerprint density at radius 2 is 1.83 bits per heavy atom. The fraction of sp³-hybridized carbons (Fsp3) is 0.130. The van der Waals surface area contributed by atoms with Crippen LogP contribution < -0.4 is 15.2 Å². The summed E-state index contributed by atoms with van der Waals surface area (Å²) in [4.78, 5) is 5.81. The first kappa shape index (κ1) is 21.8. The molecule has 1 aromatic heterocycles. The van der Waals surface area contributed by atoms with Crippen LogP contribution in [-0.4, -0.2) is 17.9 Å². The summed E-state index contributed by atoms with van der Waals surface area (Å²) in [5.74, 6) is 0.999. The smallest absolute Gasteiger partial charge is 0.122 e. The summed E-state index contributed by atoms with van der Waals surface area (Å²) in [6.07, 6.45) is 0. The molecule has 0 unspecified atom stereocenters. The Balaban J connectivity index is 0.000000216. The van der Waals surface area contributed by atoms with Gasteiger partial charge in [-0.3, -0.25) is 10.1 Å². The molecule has 30 heavy (non-hydrogen) atoms. The minimum absolute atomic E-state index is 0.125. The van der Waals surface area contributed by atoms with Crippen molar-refractivity contribution in [1.82, 2.24) is 9.71 Å². The lowest BCUT2D eigenvalue weighted by Crippen LogP contribution is -2.10. The number of methoxy groups -OCH3 is 1. The van der Waals surface area contributed by atoms with Crippen molar-refractivity contribution in [2.24, 2.45) is 5.73 Å². The Kier molecular flexibility index (Phi) is 7.84. The van der Waals surface area contributed by atoms with E-state index in [9.17, 15) is 0 Å². The molecule has 4 rings (SSSR count). The largest absolute Gasteiger partial charge is 0.497 e. The van der Waals surface area contributed by atoms with Crippen LogP contribution in [0.5, 0.6) is 5.75 Å². The first-order valence-electron chi connectivity index (χ1n) is 9.34. The van der Waals surface area contributed by atoms with E-state index in [0.29, 0.717) is 0 Å². The van der Waals surface area contributed by atoms with Crippen molar-refractivity contribution in [2.75, 3.05) is 7.11 Å². The Bertz CT molecular complexity index is 1100. The number of amidine groups is 1. The number of nitrogens with zero attached hydrogens (tertiary/aromatic N) is 1. The molecule has 0 fully saturated rings. The molecule has 0 saturated carbocycles. The van der Waals surface area contributed by atoms with Gasteiger partial charge < -0.3 is 10.5 Å². The number of nitrogen functional groups attached to an aromatic ring is 1. The lowest BCUT2D eigenvalue weighted by molar-refractivity contribution is 0.415. The van der Waals surface area contributed by atoms with Crippen LogP contribution in [0.2, 0.25) is 0 Å². The van der Waals surface area contributed by atoms with Crippen LogP contribution in [0.4, 0.5) is 0 Å². The van der Waals surface area contributed by atoms with Crippen LogP contribution >= 0.6 is 23.3 Å². The lowest BCUT2D eigenvalue weighted by atomic mass is 10.1. The van der Waals surface area contributed by atoms with Gasteiger partial charge in [0.2, 0.25) is 0 Å². The van der Waals surface area contributed by atoms with E-state index in [1.807, 2.05) is 67.6 Å². The monoisotopic (exact) mass is 436 g/mol. The average molecular weight is 437 g/mol. The molecule has 0 aliphatic rings.